The van der Waals surface area contributed by atoms with E-state index in [2.05, 4.69) is 20.4 Å². The largest absolute Gasteiger partial charge is 0.511 e. The molecule has 14 atom stereocenters. The summed E-state index contributed by atoms with van der Waals surface area (Å²) in [5.41, 5.74) is 1.30. The second-order valence-corrected chi connectivity index (χ2v) is 31.4. The Balaban J connectivity index is 1.50. The van der Waals surface area contributed by atoms with E-state index in [0.717, 1.165) is 49.0 Å². The fourth-order valence-corrected chi connectivity index (χ4v) is 15.6. The average molecular weight is 1530 g/mol. The molecular formula is C85H141NO22. The number of amides is 1. The van der Waals surface area contributed by atoms with Crippen LogP contribution in [0.25, 0.3) is 0 Å². The molecule has 0 aromatic rings. The lowest BCUT2D eigenvalue weighted by molar-refractivity contribution is -0.302. The summed E-state index contributed by atoms with van der Waals surface area (Å²) in [6.07, 6.45) is 28.8. The number of ketones is 2. The first kappa shape index (κ1) is 94.8. The molecule has 0 radical (unpaired) electrons. The van der Waals surface area contributed by atoms with Gasteiger partial charge in [0.15, 0.2) is 6.10 Å². The molecule has 4 aliphatic rings. The Labute approximate surface area is 646 Å². The van der Waals surface area contributed by atoms with Gasteiger partial charge in [-0.25, -0.2) is 9.59 Å². The Hall–Kier alpha value is -5.59. The van der Waals surface area contributed by atoms with E-state index in [1.807, 2.05) is 26.0 Å². The Morgan fingerprint density at radius 2 is 1.13 bits per heavy atom. The summed E-state index contributed by atoms with van der Waals surface area (Å²) in [6, 6.07) is -1.33. The van der Waals surface area contributed by atoms with Gasteiger partial charge in [0.1, 0.15) is 43.4 Å². The molecule has 1 unspecified atom stereocenters. The minimum atomic E-state index is -2.63. The van der Waals surface area contributed by atoms with Gasteiger partial charge in [-0.2, -0.15) is 0 Å². The van der Waals surface area contributed by atoms with Crippen molar-refractivity contribution in [3.05, 3.63) is 36.0 Å². The van der Waals surface area contributed by atoms with Crippen molar-refractivity contribution in [1.82, 2.24) is 4.90 Å². The normalized spacial score (nSPS) is 26.9. The van der Waals surface area contributed by atoms with Crippen LogP contribution < -0.4 is 0 Å². The average Bonchev–Trinajstić information content (AvgIpc) is 0.767. The lowest BCUT2D eigenvalue weighted by Crippen LogP contribution is -2.64. The van der Waals surface area contributed by atoms with E-state index in [9.17, 15) is 48.6 Å². The number of fused-ring (bicyclic) bond motifs is 3. The number of hydrogen-bond donors (Lipinski definition) is 2. The fraction of sp³-hybridized carbons (Fsp3) is 0.824. The highest BCUT2D eigenvalue weighted by Crippen LogP contribution is 2.40. The van der Waals surface area contributed by atoms with Crippen molar-refractivity contribution < 1.29 is 105 Å². The van der Waals surface area contributed by atoms with Crippen LogP contribution in [0.2, 0.25) is 0 Å². The van der Waals surface area contributed by atoms with Gasteiger partial charge in [-0.1, -0.05) is 213 Å². The molecule has 2 bridgehead atoms. The molecule has 618 valence electrons. The van der Waals surface area contributed by atoms with Crippen LogP contribution in [0.1, 0.15) is 312 Å². The van der Waals surface area contributed by atoms with Crippen LogP contribution in [0.15, 0.2) is 36.0 Å². The number of Topliss-reactive ketones (excluding diaryl/α,β-unsaturated/α-hetero) is 2. The van der Waals surface area contributed by atoms with Crippen molar-refractivity contribution in [3.63, 3.8) is 0 Å². The van der Waals surface area contributed by atoms with E-state index in [1.54, 1.807) is 26.8 Å². The molecule has 3 fully saturated rings. The van der Waals surface area contributed by atoms with Crippen LogP contribution in [-0.2, 0) is 90.5 Å². The molecular weight excluding hydrogens is 1390 g/mol. The molecule has 3 heterocycles. The number of unbranched alkanes of at least 4 members (excludes halogenated alkanes) is 24. The van der Waals surface area contributed by atoms with Gasteiger partial charge in [0.2, 0.25) is 12.6 Å². The molecule has 3 aliphatic heterocycles. The first-order chi connectivity index (χ1) is 51.9. The van der Waals surface area contributed by atoms with Crippen LogP contribution in [0.3, 0.4) is 0 Å². The maximum Gasteiger partial charge on any atom is 0.511 e. The number of carbonyl (C=O) groups excluding carboxylic acids is 9. The molecule has 23 heteroatoms. The first-order valence-electron chi connectivity index (χ1n) is 41.6. The van der Waals surface area contributed by atoms with Crippen molar-refractivity contribution in [1.29, 1.82) is 0 Å². The molecule has 23 nitrogen and oxygen atoms in total. The van der Waals surface area contributed by atoms with Gasteiger partial charge in [0, 0.05) is 64.9 Å². The van der Waals surface area contributed by atoms with Crippen molar-refractivity contribution in [2.24, 2.45) is 29.6 Å². The van der Waals surface area contributed by atoms with Crippen molar-refractivity contribution in [3.8, 4) is 0 Å². The molecule has 1 amide bonds. The summed E-state index contributed by atoms with van der Waals surface area (Å²) in [4.78, 5) is 127. The molecule has 2 saturated heterocycles. The Morgan fingerprint density at radius 3 is 1.66 bits per heavy atom. The third-order valence-electron chi connectivity index (χ3n) is 22.2. The van der Waals surface area contributed by atoms with Crippen LogP contribution in [0.5, 0.6) is 0 Å². The smallest absolute Gasteiger partial charge is 0.462 e. The van der Waals surface area contributed by atoms with E-state index in [4.69, 9.17) is 52.1 Å². The van der Waals surface area contributed by atoms with Crippen LogP contribution in [-0.4, -0.2) is 177 Å². The summed E-state index contributed by atoms with van der Waals surface area (Å²) in [6.45, 7) is 15.4. The van der Waals surface area contributed by atoms with E-state index in [1.165, 1.54) is 137 Å². The number of methoxy groups -OCH3 is 3. The summed E-state index contributed by atoms with van der Waals surface area (Å²) >= 11 is 0. The minimum Gasteiger partial charge on any atom is -0.462 e. The predicted octanol–water partition coefficient (Wildman–Crippen LogP) is 16.0. The third-order valence-corrected chi connectivity index (χ3v) is 22.2. The van der Waals surface area contributed by atoms with Gasteiger partial charge in [-0.05, 0) is 108 Å². The molecule has 2 N–H and O–H groups in total. The number of esters is 5. The number of hydrogen-bond acceptors (Lipinski definition) is 22. The van der Waals surface area contributed by atoms with E-state index in [-0.39, 0.29) is 69.5 Å². The highest BCUT2D eigenvalue weighted by molar-refractivity contribution is 6.39. The van der Waals surface area contributed by atoms with Crippen LogP contribution in [0, 0.1) is 29.6 Å². The molecule has 1 saturated carbocycles. The van der Waals surface area contributed by atoms with Gasteiger partial charge in [0.05, 0.1) is 37.3 Å². The third kappa shape index (κ3) is 35.4. The van der Waals surface area contributed by atoms with Gasteiger partial charge in [-0.3, -0.25) is 33.6 Å². The molecule has 4 rings (SSSR count). The van der Waals surface area contributed by atoms with E-state index >= 15 is 4.79 Å². The molecule has 0 aromatic heterocycles. The van der Waals surface area contributed by atoms with E-state index < -0.39 is 152 Å². The SMILES string of the molecule is C=CC[C@@H]1/C=C(\C)C[C@H](C)C[C@H](OC)[C@H]2O[C@@](O)(C(=O)C(=O)N3CCCC[C@H]3C(=O)O[C@H](/C(C)=C/C3CC[C@@H](O)[C@H](OC)C3)[C@H](C)[C@@H](OC(=O)OCOC(=O)CCC(=O)OC(COC(=O)CCCCCCCCCCCCCCC)COC(=O)CCCCCCCCCCCCCCC)CC1=O)[C@H](C)C[C@@H]2OC. The molecule has 1 aliphatic carbocycles. The standard InChI is InChI=1S/C85H141NO22/c1-12-15-17-19-21-23-25-27-29-31-33-35-37-43-75(89)101-57-67(58-102-76(90)44-38-36-34-32-30-28-26-24-22-20-18-16-13-2)105-78(92)48-47-77(91)103-59-104-84(96)106-71-56-70(88)66(41-14-3)51-60(4)50-61(5)52-73(99-10)80-74(100-11)54-63(7)85(97,108-80)81(93)82(94)86-49-40-39-42-68(86)83(95)107-79(64(71)8)62(6)53-65-45-46-69(87)72(55-65)98-9/h14,51,53,61,63-69,71-74,79-80,87,97H,3,12-13,15-50,52,54-59H2,1-2,4-11H3/b60-51+,62-53+/t61-,63+,64+,65?,66+,68-,69+,71-,72+,73-,74-,79+,80+,85+/m0/s1. The number of piperidine rings is 1. The van der Waals surface area contributed by atoms with Gasteiger partial charge in [-0.15, -0.1) is 6.58 Å². The highest BCUT2D eigenvalue weighted by atomic mass is 16.8. The number of rotatable bonds is 46. The number of carbonyl (C=O) groups is 9. The van der Waals surface area contributed by atoms with Crippen molar-refractivity contribution >= 4 is 53.5 Å². The second kappa shape index (κ2) is 54.1. The summed E-state index contributed by atoms with van der Waals surface area (Å²) in [7, 11) is 4.49. The molecule has 0 spiro atoms. The zero-order chi connectivity index (χ0) is 79.2. The number of aliphatic hydroxyl groups is 2. The zero-order valence-electron chi connectivity index (χ0n) is 67.8. The van der Waals surface area contributed by atoms with Gasteiger partial charge < -0.3 is 67.2 Å². The minimum absolute atomic E-state index is 0.0380. The number of aliphatic hydroxyl groups excluding tert-OH is 1. The van der Waals surface area contributed by atoms with Crippen LogP contribution >= 0.6 is 0 Å². The monoisotopic (exact) mass is 1530 g/mol. The lowest BCUT2D eigenvalue weighted by atomic mass is 9.81. The summed E-state index contributed by atoms with van der Waals surface area (Å²) in [5.74, 6) is -12.2. The quantitative estimate of drug-likeness (QED) is 0.0143. The first-order valence-corrected chi connectivity index (χ1v) is 41.6. The summed E-state index contributed by atoms with van der Waals surface area (Å²) < 4.78 is 63.7. The summed E-state index contributed by atoms with van der Waals surface area (Å²) in [5, 5.41) is 23.1. The van der Waals surface area contributed by atoms with Crippen molar-refractivity contribution in [2.45, 2.75) is 372 Å². The predicted molar refractivity (Wildman–Crippen MR) is 411 cm³/mol. The van der Waals surface area contributed by atoms with E-state index in [0.29, 0.717) is 63.4 Å². The van der Waals surface area contributed by atoms with Crippen LogP contribution in [0.4, 0.5) is 4.79 Å². The fourth-order valence-electron chi connectivity index (χ4n) is 15.6. The van der Waals surface area contributed by atoms with Crippen molar-refractivity contribution in [2.75, 3.05) is 47.9 Å². The number of allylic oxidation sites excluding steroid dienone is 4. The number of nitrogens with zero attached hydrogens (tertiary/aromatic N) is 1. The number of cyclic esters (lactones) is 1. The molecule has 0 aromatic carbocycles. The Bertz CT molecular complexity index is 2690. The zero-order valence-corrected chi connectivity index (χ0v) is 67.8. The Morgan fingerprint density at radius 1 is 0.620 bits per heavy atom. The Kier molecular flexibility index (Phi) is 47.5. The lowest BCUT2D eigenvalue weighted by Gasteiger charge is -2.47. The number of ether oxygens (including phenoxy) is 11. The second-order valence-electron chi connectivity index (χ2n) is 31.4. The maximum atomic E-state index is 15.0. The topological polar surface area (TPSA) is 299 Å². The highest BCUT2D eigenvalue weighted by Gasteiger charge is 2.57. The van der Waals surface area contributed by atoms with Gasteiger partial charge >= 0.3 is 36.0 Å². The maximum absolute atomic E-state index is 15.0. The molecule has 108 heavy (non-hydrogen) atoms. The van der Waals surface area contributed by atoms with Gasteiger partial charge in [0.25, 0.3) is 11.7 Å².